The van der Waals surface area contributed by atoms with E-state index in [1.807, 2.05) is 4.90 Å². The Kier molecular flexibility index (Phi) is 8.83. The summed E-state index contributed by atoms with van der Waals surface area (Å²) in [6, 6.07) is 4.79. The number of piperazine rings is 1. The van der Waals surface area contributed by atoms with Gasteiger partial charge in [-0.25, -0.2) is 0 Å². The summed E-state index contributed by atoms with van der Waals surface area (Å²) in [4.78, 5) is 20.4. The lowest BCUT2D eigenvalue weighted by atomic mass is 10.2. The molecule has 31 heavy (non-hydrogen) atoms. The van der Waals surface area contributed by atoms with Gasteiger partial charge in [0.25, 0.3) is 0 Å². The number of methoxy groups -OCH3 is 1. The molecule has 0 spiro atoms. The molecule has 3 rings (SSSR count). The van der Waals surface area contributed by atoms with Crippen LogP contribution in [0.4, 0.5) is 14.5 Å². The fourth-order valence-electron chi connectivity index (χ4n) is 3.21. The molecule has 1 saturated heterocycles. The van der Waals surface area contributed by atoms with Gasteiger partial charge in [0.2, 0.25) is 5.91 Å². The predicted molar refractivity (Wildman–Crippen MR) is 122 cm³/mol. The first-order chi connectivity index (χ1) is 14.4. The molecule has 12 heteroatoms. The highest BCUT2D eigenvalue weighted by Gasteiger charge is 2.27. The first kappa shape index (κ1) is 24.6. The number of carbonyl (C=O) groups excluding carboxylic acids is 1. The van der Waals surface area contributed by atoms with Gasteiger partial charge in [-0.05, 0) is 17.7 Å². The molecule has 1 aliphatic heterocycles. The van der Waals surface area contributed by atoms with Crippen LogP contribution in [0.3, 0.4) is 0 Å². The zero-order valence-electron chi connectivity index (χ0n) is 17.4. The molecule has 2 aromatic rings. The summed E-state index contributed by atoms with van der Waals surface area (Å²) < 4.78 is 36.4. The number of aryl methyl sites for hydroxylation is 1. The zero-order chi connectivity index (χ0) is 21.7. The summed E-state index contributed by atoms with van der Waals surface area (Å²) in [6.45, 7) is -1.38. The van der Waals surface area contributed by atoms with Crippen LogP contribution in [-0.2, 0) is 18.4 Å². The lowest BCUT2D eigenvalue weighted by Crippen LogP contribution is -2.55. The lowest BCUT2D eigenvalue weighted by Gasteiger charge is -2.35. The minimum atomic E-state index is -2.95. The molecule has 1 aliphatic rings. The number of guanidine groups is 1. The quantitative estimate of drug-likeness (QED) is 0.337. The first-order valence-corrected chi connectivity index (χ1v) is 9.27. The van der Waals surface area contributed by atoms with Crippen LogP contribution in [-0.4, -0.2) is 67.0 Å². The third-order valence-corrected chi connectivity index (χ3v) is 4.63. The Hall–Kier alpha value is -2.64. The molecule has 1 N–H and O–H groups in total. The SMILES string of the molecule is CN=C(NCc1ccc(OC)c(OC(F)F)c1)N1CCN(c2cnn(C)c2)C(=O)C1.I. The van der Waals surface area contributed by atoms with E-state index in [1.165, 1.54) is 13.2 Å². The van der Waals surface area contributed by atoms with Crippen LogP contribution >= 0.6 is 24.0 Å². The van der Waals surface area contributed by atoms with E-state index in [4.69, 9.17) is 4.74 Å². The summed E-state index contributed by atoms with van der Waals surface area (Å²) in [5.74, 6) is 0.665. The van der Waals surface area contributed by atoms with Gasteiger partial charge in [-0.15, -0.1) is 24.0 Å². The number of amides is 1. The Morgan fingerprint density at radius 2 is 2.10 bits per heavy atom. The van der Waals surface area contributed by atoms with Gasteiger partial charge in [-0.2, -0.15) is 13.9 Å². The molecule has 1 amide bonds. The number of hydrogen-bond donors (Lipinski definition) is 1. The average molecular weight is 550 g/mol. The van der Waals surface area contributed by atoms with Crippen molar-refractivity contribution in [3.8, 4) is 11.5 Å². The van der Waals surface area contributed by atoms with E-state index < -0.39 is 6.61 Å². The van der Waals surface area contributed by atoms with Gasteiger partial charge < -0.3 is 24.6 Å². The highest BCUT2D eigenvalue weighted by Crippen LogP contribution is 2.29. The second kappa shape index (κ2) is 11.1. The topological polar surface area (TPSA) is 84.2 Å². The van der Waals surface area contributed by atoms with Gasteiger partial charge in [-0.1, -0.05) is 6.07 Å². The van der Waals surface area contributed by atoms with E-state index in [-0.39, 0.29) is 47.9 Å². The van der Waals surface area contributed by atoms with Crippen molar-refractivity contribution >= 4 is 41.5 Å². The van der Waals surface area contributed by atoms with E-state index in [0.717, 1.165) is 5.69 Å². The van der Waals surface area contributed by atoms with Gasteiger partial charge in [-0.3, -0.25) is 14.5 Å². The van der Waals surface area contributed by atoms with E-state index in [0.29, 0.717) is 31.2 Å². The average Bonchev–Trinajstić information content (AvgIpc) is 3.14. The van der Waals surface area contributed by atoms with Gasteiger partial charge in [0, 0.05) is 39.9 Å². The number of alkyl halides is 2. The van der Waals surface area contributed by atoms with Crippen LogP contribution in [0.15, 0.2) is 35.6 Å². The van der Waals surface area contributed by atoms with Crippen molar-refractivity contribution in [3.63, 3.8) is 0 Å². The van der Waals surface area contributed by atoms with Crippen LogP contribution in [0.2, 0.25) is 0 Å². The van der Waals surface area contributed by atoms with Crippen molar-refractivity contribution in [2.24, 2.45) is 12.0 Å². The van der Waals surface area contributed by atoms with E-state index in [9.17, 15) is 13.6 Å². The number of benzene rings is 1. The standard InChI is InChI=1S/C19H24F2N6O3.HI/c1-22-19(23-9-13-4-5-15(29-3)16(8-13)30-18(20)21)26-6-7-27(17(28)12-26)14-10-24-25(2)11-14;/h4-5,8,10-11,18H,6-7,9,12H2,1-3H3,(H,22,23);1H. The maximum absolute atomic E-state index is 12.6. The van der Waals surface area contributed by atoms with E-state index in [1.54, 1.807) is 48.2 Å². The van der Waals surface area contributed by atoms with Gasteiger partial charge >= 0.3 is 6.61 Å². The van der Waals surface area contributed by atoms with Crippen LogP contribution in [0.5, 0.6) is 11.5 Å². The lowest BCUT2D eigenvalue weighted by molar-refractivity contribution is -0.120. The molecule has 0 saturated carbocycles. The third-order valence-electron chi connectivity index (χ3n) is 4.63. The van der Waals surface area contributed by atoms with Gasteiger partial charge in [0.1, 0.15) is 6.54 Å². The summed E-state index contributed by atoms with van der Waals surface area (Å²) >= 11 is 0. The molecule has 170 valence electrons. The second-order valence-corrected chi connectivity index (χ2v) is 6.60. The molecule has 0 bridgehead atoms. The molecular weight excluding hydrogens is 525 g/mol. The third kappa shape index (κ3) is 6.18. The first-order valence-electron chi connectivity index (χ1n) is 9.27. The number of nitrogens with one attached hydrogen (secondary N) is 1. The van der Waals surface area contributed by atoms with Crippen LogP contribution in [0.25, 0.3) is 0 Å². The molecule has 0 radical (unpaired) electrons. The van der Waals surface area contributed by atoms with Gasteiger partial charge in [0.15, 0.2) is 17.5 Å². The van der Waals surface area contributed by atoms with Crippen LogP contribution in [0.1, 0.15) is 5.56 Å². The van der Waals surface area contributed by atoms with Crippen LogP contribution in [0, 0.1) is 0 Å². The Balaban J connectivity index is 0.00000341. The molecule has 9 nitrogen and oxygen atoms in total. The number of hydrogen-bond acceptors (Lipinski definition) is 5. The second-order valence-electron chi connectivity index (χ2n) is 6.60. The minimum Gasteiger partial charge on any atom is -0.493 e. The van der Waals surface area contributed by atoms with Crippen LogP contribution < -0.4 is 19.7 Å². The predicted octanol–water partition coefficient (Wildman–Crippen LogP) is 2.07. The molecule has 1 fully saturated rings. The molecule has 0 aliphatic carbocycles. The Morgan fingerprint density at radius 1 is 1.32 bits per heavy atom. The van der Waals surface area contributed by atoms with Crippen molar-refractivity contribution in [1.82, 2.24) is 20.0 Å². The fourth-order valence-corrected chi connectivity index (χ4v) is 3.21. The Morgan fingerprint density at radius 3 is 2.68 bits per heavy atom. The van der Waals surface area contributed by atoms with Crippen molar-refractivity contribution in [1.29, 1.82) is 0 Å². The largest absolute Gasteiger partial charge is 0.493 e. The molecule has 0 atom stereocenters. The van der Waals surface area contributed by atoms with Crippen molar-refractivity contribution in [3.05, 3.63) is 36.2 Å². The monoisotopic (exact) mass is 550 g/mol. The molecular formula is C19H25F2IN6O3. The summed E-state index contributed by atoms with van der Waals surface area (Å²) in [7, 11) is 4.81. The zero-order valence-corrected chi connectivity index (χ0v) is 19.7. The smallest absolute Gasteiger partial charge is 0.387 e. The number of aromatic nitrogens is 2. The molecule has 1 aromatic heterocycles. The number of nitrogens with zero attached hydrogens (tertiary/aromatic N) is 5. The number of carbonyl (C=O) groups is 1. The maximum atomic E-state index is 12.6. The Bertz CT molecular complexity index is 924. The minimum absolute atomic E-state index is 0. The van der Waals surface area contributed by atoms with Gasteiger partial charge in [0.05, 0.1) is 19.0 Å². The number of rotatable bonds is 6. The van der Waals surface area contributed by atoms with E-state index >= 15 is 0 Å². The van der Waals surface area contributed by atoms with E-state index in [2.05, 4.69) is 20.1 Å². The number of halogens is 3. The summed E-state index contributed by atoms with van der Waals surface area (Å²) in [5, 5.41) is 7.26. The fraction of sp³-hybridized carbons (Fsp3) is 0.421. The summed E-state index contributed by atoms with van der Waals surface area (Å²) in [5.41, 5.74) is 1.46. The van der Waals surface area contributed by atoms with Crippen molar-refractivity contribution in [2.45, 2.75) is 13.2 Å². The highest BCUT2D eigenvalue weighted by atomic mass is 127. The molecule has 2 heterocycles. The molecule has 0 unspecified atom stereocenters. The Labute approximate surface area is 196 Å². The number of aliphatic imine (C=N–C) groups is 1. The highest BCUT2D eigenvalue weighted by molar-refractivity contribution is 14.0. The number of ether oxygens (including phenoxy) is 2. The van der Waals surface area contributed by atoms with Crippen molar-refractivity contribution in [2.75, 3.05) is 38.7 Å². The van der Waals surface area contributed by atoms with Crippen molar-refractivity contribution < 1.29 is 23.0 Å². The maximum Gasteiger partial charge on any atom is 0.387 e. The summed E-state index contributed by atoms with van der Waals surface area (Å²) in [6.07, 6.45) is 3.45. The molecule has 1 aromatic carbocycles. The normalized spacial score (nSPS) is 14.5. The number of anilines is 1.